The summed E-state index contributed by atoms with van der Waals surface area (Å²) in [7, 11) is 5.93. The zero-order chi connectivity index (χ0) is 24.0. The summed E-state index contributed by atoms with van der Waals surface area (Å²) in [5.74, 6) is 1.30. The smallest absolute Gasteiger partial charge is 0.234 e. The van der Waals surface area contributed by atoms with Gasteiger partial charge in [-0.3, -0.25) is 4.79 Å². The number of rotatable bonds is 9. The van der Waals surface area contributed by atoms with Gasteiger partial charge in [-0.2, -0.15) is 5.26 Å². The number of anilines is 1. The highest BCUT2D eigenvalue weighted by Gasteiger charge is 2.21. The second kappa shape index (κ2) is 10.5. The Labute approximate surface area is 195 Å². The van der Waals surface area contributed by atoms with E-state index in [2.05, 4.69) is 15.3 Å². The molecule has 0 aliphatic rings. The number of carbonyl (C=O) groups excluding carboxylic acids is 1. The van der Waals surface area contributed by atoms with Crippen LogP contribution in [-0.2, 0) is 6.54 Å². The van der Waals surface area contributed by atoms with Crippen LogP contribution in [0.15, 0.2) is 36.5 Å². The van der Waals surface area contributed by atoms with Crippen molar-refractivity contribution in [1.29, 1.82) is 5.26 Å². The summed E-state index contributed by atoms with van der Waals surface area (Å²) in [4.78, 5) is 21.5. The van der Waals surface area contributed by atoms with Crippen LogP contribution in [0.4, 0.5) is 5.82 Å². The lowest BCUT2D eigenvalue weighted by Gasteiger charge is -2.15. The van der Waals surface area contributed by atoms with Crippen LogP contribution in [0.3, 0.4) is 0 Å². The molecule has 33 heavy (non-hydrogen) atoms. The van der Waals surface area contributed by atoms with Crippen LogP contribution in [-0.4, -0.2) is 44.2 Å². The van der Waals surface area contributed by atoms with Crippen molar-refractivity contribution in [2.75, 3.05) is 33.8 Å². The molecule has 0 aliphatic heterocycles. The Balaban J connectivity index is 1.98. The van der Waals surface area contributed by atoms with Crippen molar-refractivity contribution in [1.82, 2.24) is 9.97 Å². The molecule has 170 valence electrons. The number of nitriles is 1. The van der Waals surface area contributed by atoms with E-state index < -0.39 is 5.78 Å². The summed E-state index contributed by atoms with van der Waals surface area (Å²) in [6.07, 6.45) is 1.31. The van der Waals surface area contributed by atoms with Gasteiger partial charge in [0.2, 0.25) is 11.6 Å². The summed E-state index contributed by atoms with van der Waals surface area (Å²) in [5.41, 5.74) is 1.26. The molecular formula is C23H21ClN4O5. The Morgan fingerprint density at radius 3 is 2.24 bits per heavy atom. The fourth-order valence-corrected chi connectivity index (χ4v) is 3.39. The van der Waals surface area contributed by atoms with Gasteiger partial charge < -0.3 is 24.3 Å². The van der Waals surface area contributed by atoms with Gasteiger partial charge in [0.15, 0.2) is 17.3 Å². The molecule has 10 heteroatoms. The van der Waals surface area contributed by atoms with Crippen LogP contribution < -0.4 is 24.3 Å². The Morgan fingerprint density at radius 1 is 1.03 bits per heavy atom. The Hall–Kier alpha value is -4.03. The minimum absolute atomic E-state index is 0.0771. The van der Waals surface area contributed by atoms with Crippen molar-refractivity contribution in [3.8, 4) is 29.1 Å². The van der Waals surface area contributed by atoms with E-state index in [0.29, 0.717) is 34.6 Å². The summed E-state index contributed by atoms with van der Waals surface area (Å²) in [6.45, 7) is 0.293. The van der Waals surface area contributed by atoms with Gasteiger partial charge in [-0.1, -0.05) is 17.7 Å². The molecule has 0 bridgehead atoms. The monoisotopic (exact) mass is 468 g/mol. The van der Waals surface area contributed by atoms with Crippen molar-refractivity contribution in [3.05, 3.63) is 64.1 Å². The number of nitrogens with zero attached hydrogens (tertiary/aromatic N) is 3. The third-order valence-electron chi connectivity index (χ3n) is 4.74. The van der Waals surface area contributed by atoms with E-state index in [-0.39, 0.29) is 22.8 Å². The fraction of sp³-hybridized carbons (Fsp3) is 0.217. The van der Waals surface area contributed by atoms with Crippen LogP contribution >= 0.6 is 11.6 Å². The molecule has 1 heterocycles. The predicted octanol–water partition coefficient (Wildman–Crippen LogP) is 3.88. The average molecular weight is 469 g/mol. The van der Waals surface area contributed by atoms with Crippen LogP contribution in [0, 0.1) is 11.3 Å². The van der Waals surface area contributed by atoms with Crippen molar-refractivity contribution >= 4 is 23.2 Å². The highest BCUT2D eigenvalue weighted by Crippen LogP contribution is 2.39. The Morgan fingerprint density at radius 2 is 1.70 bits per heavy atom. The number of hydrogen-bond donors (Lipinski definition) is 1. The van der Waals surface area contributed by atoms with Crippen LogP contribution in [0.25, 0.3) is 0 Å². The van der Waals surface area contributed by atoms with Gasteiger partial charge in [-0.25, -0.2) is 9.97 Å². The number of ketones is 1. The number of carbonyl (C=O) groups is 1. The maximum absolute atomic E-state index is 13.4. The number of nitrogens with one attached hydrogen (secondary N) is 1. The molecule has 2 aromatic carbocycles. The molecule has 0 saturated heterocycles. The molecule has 0 aliphatic carbocycles. The normalized spacial score (nSPS) is 10.2. The third kappa shape index (κ3) is 5.07. The average Bonchev–Trinajstić information content (AvgIpc) is 2.85. The first-order valence-corrected chi connectivity index (χ1v) is 10.0. The number of hydrogen-bond acceptors (Lipinski definition) is 9. The largest absolute Gasteiger partial charge is 0.495 e. The first kappa shape index (κ1) is 23.6. The molecule has 3 aromatic rings. The van der Waals surface area contributed by atoms with E-state index in [9.17, 15) is 10.1 Å². The van der Waals surface area contributed by atoms with Crippen molar-refractivity contribution < 1.29 is 23.7 Å². The maximum Gasteiger partial charge on any atom is 0.234 e. The van der Waals surface area contributed by atoms with Gasteiger partial charge in [-0.05, 0) is 29.8 Å². The van der Waals surface area contributed by atoms with Crippen LogP contribution in [0.5, 0.6) is 23.0 Å². The number of methoxy groups -OCH3 is 4. The van der Waals surface area contributed by atoms with E-state index >= 15 is 0 Å². The first-order valence-electron chi connectivity index (χ1n) is 9.63. The maximum atomic E-state index is 13.4. The molecule has 0 saturated carbocycles. The second-order valence-corrected chi connectivity index (χ2v) is 7.04. The number of halogens is 1. The van der Waals surface area contributed by atoms with Gasteiger partial charge in [0.1, 0.15) is 17.6 Å². The SMILES string of the molecule is COc1ccc(CNc2nc(C#N)ncc2C(=O)c2cc(OC)c(OC)c(OC)c2)cc1Cl. The molecular weight excluding hydrogens is 448 g/mol. The number of ether oxygens (including phenoxy) is 4. The van der Waals surface area contributed by atoms with E-state index in [1.165, 1.54) is 46.8 Å². The van der Waals surface area contributed by atoms with Crippen molar-refractivity contribution in [2.45, 2.75) is 6.54 Å². The van der Waals surface area contributed by atoms with Crippen molar-refractivity contribution in [3.63, 3.8) is 0 Å². The van der Waals surface area contributed by atoms with Crippen LogP contribution in [0.2, 0.25) is 5.02 Å². The van der Waals surface area contributed by atoms with E-state index in [1.54, 1.807) is 12.1 Å². The molecule has 0 atom stereocenters. The highest BCUT2D eigenvalue weighted by molar-refractivity contribution is 6.32. The minimum atomic E-state index is -0.394. The summed E-state index contributed by atoms with van der Waals surface area (Å²) in [5, 5.41) is 12.8. The van der Waals surface area contributed by atoms with E-state index in [1.807, 2.05) is 12.1 Å². The predicted molar refractivity (Wildman–Crippen MR) is 122 cm³/mol. The molecule has 0 unspecified atom stereocenters. The summed E-state index contributed by atoms with van der Waals surface area (Å²) >= 11 is 6.19. The van der Waals surface area contributed by atoms with Gasteiger partial charge in [-0.15, -0.1) is 0 Å². The standard InChI is InChI=1S/C23H21ClN4O5/c1-30-17-6-5-13(7-16(17)24)11-27-23-15(12-26-20(10-25)28-23)21(29)14-8-18(31-2)22(33-4)19(9-14)32-3/h5-9,12H,11H2,1-4H3,(H,26,27,28). The second-order valence-electron chi connectivity index (χ2n) is 6.63. The third-order valence-corrected chi connectivity index (χ3v) is 5.03. The van der Waals surface area contributed by atoms with E-state index in [0.717, 1.165) is 5.56 Å². The zero-order valence-electron chi connectivity index (χ0n) is 18.4. The molecule has 3 rings (SSSR count). The Kier molecular flexibility index (Phi) is 7.53. The lowest BCUT2D eigenvalue weighted by Crippen LogP contribution is -2.12. The van der Waals surface area contributed by atoms with E-state index in [4.69, 9.17) is 30.5 Å². The molecule has 1 N–H and O–H groups in total. The van der Waals surface area contributed by atoms with Gasteiger partial charge in [0.25, 0.3) is 0 Å². The Bertz CT molecular complexity index is 1200. The first-order chi connectivity index (χ1) is 15.9. The quantitative estimate of drug-likeness (QED) is 0.467. The molecule has 1 aromatic heterocycles. The summed E-state index contributed by atoms with van der Waals surface area (Å²) < 4.78 is 21.2. The lowest BCUT2D eigenvalue weighted by atomic mass is 10.0. The number of aromatic nitrogens is 2. The molecule has 0 fully saturated rings. The highest BCUT2D eigenvalue weighted by atomic mass is 35.5. The minimum Gasteiger partial charge on any atom is -0.495 e. The molecule has 0 amide bonds. The zero-order valence-corrected chi connectivity index (χ0v) is 19.2. The fourth-order valence-electron chi connectivity index (χ4n) is 3.11. The molecule has 9 nitrogen and oxygen atoms in total. The number of benzene rings is 2. The van der Waals surface area contributed by atoms with Gasteiger partial charge in [0, 0.05) is 18.3 Å². The van der Waals surface area contributed by atoms with Gasteiger partial charge >= 0.3 is 0 Å². The van der Waals surface area contributed by atoms with Gasteiger partial charge in [0.05, 0.1) is 39.0 Å². The lowest BCUT2D eigenvalue weighted by molar-refractivity contribution is 0.103. The topological polar surface area (TPSA) is 116 Å². The summed E-state index contributed by atoms with van der Waals surface area (Å²) in [6, 6.07) is 10.3. The van der Waals surface area contributed by atoms with Crippen LogP contribution in [0.1, 0.15) is 27.3 Å². The molecule has 0 radical (unpaired) electrons. The van der Waals surface area contributed by atoms with Crippen molar-refractivity contribution in [2.24, 2.45) is 0 Å². The molecule has 0 spiro atoms.